The summed E-state index contributed by atoms with van der Waals surface area (Å²) >= 11 is 7.49. The largest absolute Gasteiger partial charge is 0.487 e. The van der Waals surface area contributed by atoms with Gasteiger partial charge in [0.25, 0.3) is 0 Å². The summed E-state index contributed by atoms with van der Waals surface area (Å²) in [6.07, 6.45) is 0. The normalized spacial score (nSPS) is 10.8. The average molecular weight is 229 g/mol. The molecule has 0 aliphatic rings. The van der Waals surface area contributed by atoms with Crippen LogP contribution in [0.25, 0.3) is 10.1 Å². The van der Waals surface area contributed by atoms with Crippen molar-refractivity contribution in [3.05, 3.63) is 28.8 Å². The molecule has 1 N–H and O–H groups in total. The molecule has 0 bridgehead atoms. The molecule has 4 heteroatoms. The Morgan fingerprint density at radius 3 is 2.93 bits per heavy atom. The van der Waals surface area contributed by atoms with Crippen molar-refractivity contribution in [3.63, 3.8) is 0 Å². The third kappa shape index (κ3) is 1.38. The number of aliphatic hydroxyl groups is 1. The Morgan fingerprint density at radius 1 is 1.50 bits per heavy atom. The lowest BCUT2D eigenvalue weighted by molar-refractivity contribution is 0.277. The molecular formula is C10H9ClO2S. The lowest BCUT2D eigenvalue weighted by Crippen LogP contribution is -1.86. The quantitative estimate of drug-likeness (QED) is 0.856. The fourth-order valence-electron chi connectivity index (χ4n) is 1.43. The van der Waals surface area contributed by atoms with Crippen molar-refractivity contribution < 1.29 is 9.84 Å². The summed E-state index contributed by atoms with van der Waals surface area (Å²) < 4.78 is 6.14. The Balaban J connectivity index is 2.79. The number of thiophene rings is 1. The van der Waals surface area contributed by atoms with Gasteiger partial charge in [-0.1, -0.05) is 35.1 Å². The lowest BCUT2D eigenvalue weighted by Gasteiger charge is -1.97. The predicted molar refractivity (Wildman–Crippen MR) is 59.3 cm³/mol. The van der Waals surface area contributed by atoms with E-state index in [1.54, 1.807) is 7.11 Å². The lowest BCUT2D eigenvalue weighted by atomic mass is 10.2. The van der Waals surface area contributed by atoms with Crippen molar-refractivity contribution in [3.8, 4) is 5.06 Å². The van der Waals surface area contributed by atoms with E-state index >= 15 is 0 Å². The van der Waals surface area contributed by atoms with E-state index < -0.39 is 0 Å². The second-order valence-corrected chi connectivity index (χ2v) is 4.24. The molecule has 2 rings (SSSR count). The molecule has 0 amide bonds. The highest BCUT2D eigenvalue weighted by Crippen LogP contribution is 2.40. The topological polar surface area (TPSA) is 29.5 Å². The van der Waals surface area contributed by atoms with Gasteiger partial charge >= 0.3 is 0 Å². The molecular weight excluding hydrogens is 220 g/mol. The van der Waals surface area contributed by atoms with Crippen molar-refractivity contribution in [1.82, 2.24) is 0 Å². The van der Waals surface area contributed by atoms with Gasteiger partial charge in [-0.15, -0.1) is 0 Å². The molecule has 2 nitrogen and oxygen atoms in total. The highest BCUT2D eigenvalue weighted by molar-refractivity contribution is 7.21. The van der Waals surface area contributed by atoms with Crippen molar-refractivity contribution in [2.24, 2.45) is 0 Å². The molecule has 0 atom stereocenters. The number of rotatable bonds is 2. The second-order valence-electron chi connectivity index (χ2n) is 2.85. The van der Waals surface area contributed by atoms with Gasteiger partial charge in [0.15, 0.2) is 5.06 Å². The maximum atomic E-state index is 9.21. The summed E-state index contributed by atoms with van der Waals surface area (Å²) in [6, 6.07) is 5.64. The zero-order valence-corrected chi connectivity index (χ0v) is 9.15. The fourth-order valence-corrected chi connectivity index (χ4v) is 2.75. The maximum Gasteiger partial charge on any atom is 0.180 e. The van der Waals surface area contributed by atoms with Crippen LogP contribution in [0.15, 0.2) is 18.2 Å². The highest BCUT2D eigenvalue weighted by atomic mass is 35.5. The zero-order chi connectivity index (χ0) is 10.1. The molecule has 0 unspecified atom stereocenters. The van der Waals surface area contributed by atoms with Gasteiger partial charge in [-0.2, -0.15) is 0 Å². The summed E-state index contributed by atoms with van der Waals surface area (Å²) in [5.41, 5.74) is 0.815. The van der Waals surface area contributed by atoms with Crippen LogP contribution in [0.4, 0.5) is 0 Å². The summed E-state index contributed by atoms with van der Waals surface area (Å²) in [6.45, 7) is -0.0243. The molecule has 74 valence electrons. The van der Waals surface area contributed by atoms with Crippen LogP contribution in [0, 0.1) is 0 Å². The Hall–Kier alpha value is -0.770. The first-order chi connectivity index (χ1) is 6.77. The molecule has 2 aromatic rings. The average Bonchev–Trinajstić information content (AvgIpc) is 2.57. The first-order valence-corrected chi connectivity index (χ1v) is 5.32. The number of benzene rings is 1. The minimum atomic E-state index is -0.0243. The van der Waals surface area contributed by atoms with Crippen LogP contribution in [0.3, 0.4) is 0 Å². The van der Waals surface area contributed by atoms with Crippen LogP contribution in [0.5, 0.6) is 5.06 Å². The molecule has 0 radical (unpaired) electrons. The number of halogens is 1. The molecule has 1 heterocycles. The molecule has 0 spiro atoms. The Labute approximate surface area is 90.7 Å². The number of aliphatic hydroxyl groups excluding tert-OH is 1. The van der Waals surface area contributed by atoms with Crippen LogP contribution in [-0.4, -0.2) is 12.2 Å². The minimum absolute atomic E-state index is 0.0243. The molecule has 0 saturated heterocycles. The number of ether oxygens (including phenoxy) is 1. The first-order valence-electron chi connectivity index (χ1n) is 4.12. The third-order valence-electron chi connectivity index (χ3n) is 2.08. The second kappa shape index (κ2) is 3.77. The smallest absolute Gasteiger partial charge is 0.180 e. The molecule has 1 aromatic carbocycles. The number of hydrogen-bond donors (Lipinski definition) is 1. The maximum absolute atomic E-state index is 9.21. The molecule has 0 aliphatic carbocycles. The van der Waals surface area contributed by atoms with Crippen molar-refractivity contribution >= 4 is 33.0 Å². The van der Waals surface area contributed by atoms with Crippen LogP contribution < -0.4 is 4.74 Å². The minimum Gasteiger partial charge on any atom is -0.487 e. The Kier molecular flexibility index (Phi) is 2.63. The summed E-state index contributed by atoms with van der Waals surface area (Å²) in [4.78, 5) is 0. The van der Waals surface area contributed by atoms with Crippen molar-refractivity contribution in [1.29, 1.82) is 0 Å². The van der Waals surface area contributed by atoms with E-state index in [9.17, 15) is 5.11 Å². The van der Waals surface area contributed by atoms with Gasteiger partial charge in [-0.05, 0) is 6.07 Å². The van der Waals surface area contributed by atoms with Crippen LogP contribution >= 0.6 is 22.9 Å². The molecule has 1 aromatic heterocycles. The van der Waals surface area contributed by atoms with E-state index in [-0.39, 0.29) is 6.61 Å². The van der Waals surface area contributed by atoms with E-state index in [0.717, 1.165) is 20.7 Å². The predicted octanol–water partition coefficient (Wildman–Crippen LogP) is 3.06. The van der Waals surface area contributed by atoms with Crippen molar-refractivity contribution in [2.45, 2.75) is 6.61 Å². The monoisotopic (exact) mass is 228 g/mol. The molecule has 0 fully saturated rings. The fraction of sp³-hybridized carbons (Fsp3) is 0.200. The number of fused-ring (bicyclic) bond motifs is 1. The summed E-state index contributed by atoms with van der Waals surface area (Å²) in [7, 11) is 1.60. The van der Waals surface area contributed by atoms with Crippen LogP contribution in [0.1, 0.15) is 5.56 Å². The van der Waals surface area contributed by atoms with E-state index in [0.29, 0.717) is 5.02 Å². The highest BCUT2D eigenvalue weighted by Gasteiger charge is 2.13. The van der Waals surface area contributed by atoms with E-state index in [1.807, 2.05) is 18.2 Å². The van der Waals surface area contributed by atoms with Crippen molar-refractivity contribution in [2.75, 3.05) is 7.11 Å². The number of hydrogen-bond acceptors (Lipinski definition) is 3. The standard InChI is InChI=1S/C10H9ClO2S/c1-13-10-7(5-12)6-3-2-4-8(11)9(6)14-10/h2-4,12H,5H2,1H3. The van der Waals surface area contributed by atoms with Gasteiger partial charge in [0.2, 0.25) is 0 Å². The Bertz CT molecular complexity index is 464. The van der Waals surface area contributed by atoms with E-state index in [1.165, 1.54) is 11.3 Å². The zero-order valence-electron chi connectivity index (χ0n) is 7.58. The van der Waals surface area contributed by atoms with E-state index in [4.69, 9.17) is 16.3 Å². The van der Waals surface area contributed by atoms with Gasteiger partial charge in [-0.25, -0.2) is 0 Å². The van der Waals surface area contributed by atoms with Gasteiger partial charge in [-0.3, -0.25) is 0 Å². The molecule has 0 aliphatic heterocycles. The van der Waals surface area contributed by atoms with Gasteiger partial charge in [0, 0.05) is 10.9 Å². The first kappa shape index (κ1) is 9.77. The Morgan fingerprint density at radius 2 is 2.29 bits per heavy atom. The van der Waals surface area contributed by atoms with Gasteiger partial charge in [0.1, 0.15) is 0 Å². The molecule has 14 heavy (non-hydrogen) atoms. The van der Waals surface area contributed by atoms with Crippen LogP contribution in [-0.2, 0) is 6.61 Å². The number of methoxy groups -OCH3 is 1. The SMILES string of the molecule is COc1sc2c(Cl)cccc2c1CO. The van der Waals surface area contributed by atoms with Crippen LogP contribution in [0.2, 0.25) is 5.02 Å². The summed E-state index contributed by atoms with van der Waals surface area (Å²) in [5.74, 6) is 0. The van der Waals surface area contributed by atoms with E-state index in [2.05, 4.69) is 0 Å². The van der Waals surface area contributed by atoms with Gasteiger partial charge < -0.3 is 9.84 Å². The molecule has 0 saturated carbocycles. The third-order valence-corrected chi connectivity index (χ3v) is 3.75. The van der Waals surface area contributed by atoms with Gasteiger partial charge in [0.05, 0.1) is 23.4 Å². The summed E-state index contributed by atoms with van der Waals surface area (Å²) in [5, 5.41) is 11.6.